The molecule has 8 nitrogen and oxygen atoms in total. The SMILES string of the molecule is CCCCNC(=O)[C@@H](C[C@H](N)[C@@H](O)C[C@H](C(=O)NCc1ccccc1OCCCCCOC)C(C)C)C(C)C. The average molecular weight is 550 g/mol. The fourth-order valence-electron chi connectivity index (χ4n) is 4.58. The van der Waals surface area contributed by atoms with Crippen LogP contribution in [0.3, 0.4) is 0 Å². The van der Waals surface area contributed by atoms with Crippen LogP contribution >= 0.6 is 0 Å². The Morgan fingerprint density at radius 2 is 1.51 bits per heavy atom. The standard InChI is InChI=1S/C31H55N3O5/c1-7-8-16-33-30(36)25(22(2)3)19-27(32)28(35)20-26(23(4)5)31(37)34-21-24-14-10-11-15-29(24)39-18-13-9-12-17-38-6/h10-11,14-15,22-23,25-28,35H,7-9,12-13,16-21,32H2,1-6H3,(H,33,36)(H,34,37)/t25-,26-,27-,28-/m0/s1. The maximum absolute atomic E-state index is 13.2. The first-order valence-electron chi connectivity index (χ1n) is 14.8. The van der Waals surface area contributed by atoms with Crippen LogP contribution in [0.15, 0.2) is 24.3 Å². The van der Waals surface area contributed by atoms with Crippen LogP contribution in [0.4, 0.5) is 0 Å². The molecule has 0 aliphatic heterocycles. The predicted molar refractivity (Wildman–Crippen MR) is 157 cm³/mol. The molecule has 0 heterocycles. The van der Waals surface area contributed by atoms with Crippen molar-refractivity contribution in [3.8, 4) is 5.75 Å². The maximum atomic E-state index is 13.2. The van der Waals surface area contributed by atoms with Gasteiger partial charge in [-0.3, -0.25) is 9.59 Å². The molecule has 0 radical (unpaired) electrons. The lowest BCUT2D eigenvalue weighted by atomic mass is 9.83. The Kier molecular flexibility index (Phi) is 17.7. The van der Waals surface area contributed by atoms with E-state index in [2.05, 4.69) is 17.6 Å². The van der Waals surface area contributed by atoms with Gasteiger partial charge in [0.05, 0.1) is 12.7 Å². The minimum absolute atomic E-state index is 0.0173. The van der Waals surface area contributed by atoms with Crippen molar-refractivity contribution < 1.29 is 24.2 Å². The summed E-state index contributed by atoms with van der Waals surface area (Å²) in [6.07, 6.45) is 4.66. The van der Waals surface area contributed by atoms with E-state index >= 15 is 0 Å². The molecule has 0 saturated carbocycles. The van der Waals surface area contributed by atoms with Crippen molar-refractivity contribution in [2.75, 3.05) is 26.9 Å². The molecule has 1 aromatic carbocycles. The number of hydrogen-bond donors (Lipinski definition) is 4. The molecule has 2 amide bonds. The number of aliphatic hydroxyl groups excluding tert-OH is 1. The van der Waals surface area contributed by atoms with E-state index in [0.29, 0.717) is 26.1 Å². The number of amides is 2. The zero-order valence-electron chi connectivity index (χ0n) is 25.2. The molecule has 0 saturated heterocycles. The van der Waals surface area contributed by atoms with E-state index in [1.54, 1.807) is 7.11 Å². The molecule has 0 fully saturated rings. The van der Waals surface area contributed by atoms with Gasteiger partial charge in [-0.1, -0.05) is 59.2 Å². The van der Waals surface area contributed by atoms with E-state index in [4.69, 9.17) is 15.2 Å². The number of ether oxygens (including phenoxy) is 2. The molecule has 0 bridgehead atoms. The number of nitrogens with one attached hydrogen (secondary N) is 2. The Morgan fingerprint density at radius 3 is 2.15 bits per heavy atom. The maximum Gasteiger partial charge on any atom is 0.223 e. The highest BCUT2D eigenvalue weighted by molar-refractivity contribution is 5.79. The molecule has 1 rings (SSSR count). The number of carbonyl (C=O) groups is 2. The zero-order chi connectivity index (χ0) is 29.2. The molecular weight excluding hydrogens is 494 g/mol. The van der Waals surface area contributed by atoms with Crippen molar-refractivity contribution in [3.63, 3.8) is 0 Å². The Morgan fingerprint density at radius 1 is 0.897 bits per heavy atom. The van der Waals surface area contributed by atoms with Gasteiger partial charge >= 0.3 is 0 Å². The van der Waals surface area contributed by atoms with Crippen LogP contribution in [0, 0.1) is 23.7 Å². The summed E-state index contributed by atoms with van der Waals surface area (Å²) >= 11 is 0. The summed E-state index contributed by atoms with van der Waals surface area (Å²) in [5.41, 5.74) is 7.29. The highest BCUT2D eigenvalue weighted by Crippen LogP contribution is 2.24. The van der Waals surface area contributed by atoms with Crippen molar-refractivity contribution in [3.05, 3.63) is 29.8 Å². The first-order chi connectivity index (χ1) is 18.6. The Bertz CT molecular complexity index is 817. The molecule has 4 atom stereocenters. The zero-order valence-corrected chi connectivity index (χ0v) is 25.2. The lowest BCUT2D eigenvalue weighted by Crippen LogP contribution is -2.45. The van der Waals surface area contributed by atoms with Gasteiger partial charge in [-0.05, 0) is 56.4 Å². The van der Waals surface area contributed by atoms with Crippen LogP contribution in [-0.4, -0.2) is 55.9 Å². The molecule has 224 valence electrons. The first-order valence-corrected chi connectivity index (χ1v) is 14.8. The molecule has 0 unspecified atom stereocenters. The summed E-state index contributed by atoms with van der Waals surface area (Å²) in [4.78, 5) is 25.9. The van der Waals surface area contributed by atoms with Crippen LogP contribution in [0.2, 0.25) is 0 Å². The van der Waals surface area contributed by atoms with Crippen LogP contribution in [0.25, 0.3) is 0 Å². The monoisotopic (exact) mass is 549 g/mol. The van der Waals surface area contributed by atoms with Gasteiger partial charge in [0.2, 0.25) is 11.8 Å². The second kappa shape index (κ2) is 19.8. The Hall–Kier alpha value is -2.16. The smallest absolute Gasteiger partial charge is 0.223 e. The van der Waals surface area contributed by atoms with E-state index in [9.17, 15) is 14.7 Å². The minimum Gasteiger partial charge on any atom is -0.493 e. The number of rotatable bonds is 21. The first kappa shape index (κ1) is 34.9. The third-order valence-electron chi connectivity index (χ3n) is 7.30. The van der Waals surface area contributed by atoms with E-state index in [1.807, 2.05) is 52.0 Å². The molecule has 1 aromatic rings. The number of unbranched alkanes of at least 4 members (excludes halogenated alkanes) is 3. The van der Waals surface area contributed by atoms with Crippen molar-refractivity contribution in [2.24, 2.45) is 29.4 Å². The Labute approximate surface area is 236 Å². The third kappa shape index (κ3) is 13.6. The second-order valence-electron chi connectivity index (χ2n) is 11.3. The van der Waals surface area contributed by atoms with Gasteiger partial charge in [0.15, 0.2) is 0 Å². The van der Waals surface area contributed by atoms with Crippen LogP contribution in [-0.2, 0) is 20.9 Å². The third-order valence-corrected chi connectivity index (χ3v) is 7.30. The molecule has 39 heavy (non-hydrogen) atoms. The van der Waals surface area contributed by atoms with Gasteiger partial charge in [0.25, 0.3) is 0 Å². The number of nitrogens with two attached hydrogens (primary N) is 1. The fourth-order valence-corrected chi connectivity index (χ4v) is 4.58. The molecule has 0 spiro atoms. The molecule has 5 N–H and O–H groups in total. The fraction of sp³-hybridized carbons (Fsp3) is 0.742. The van der Waals surface area contributed by atoms with E-state index in [1.165, 1.54) is 0 Å². The van der Waals surface area contributed by atoms with Gasteiger partial charge in [-0.25, -0.2) is 0 Å². The number of carbonyl (C=O) groups excluding carboxylic acids is 2. The highest BCUT2D eigenvalue weighted by Gasteiger charge is 2.31. The number of para-hydroxylation sites is 1. The lowest BCUT2D eigenvalue weighted by molar-refractivity contribution is -0.129. The average Bonchev–Trinajstić information content (AvgIpc) is 2.90. The second-order valence-corrected chi connectivity index (χ2v) is 11.3. The molecule has 0 aliphatic rings. The predicted octanol–water partition coefficient (Wildman–Crippen LogP) is 4.43. The van der Waals surface area contributed by atoms with Gasteiger partial charge in [-0.2, -0.15) is 0 Å². The van der Waals surface area contributed by atoms with Crippen molar-refractivity contribution in [1.29, 1.82) is 0 Å². The van der Waals surface area contributed by atoms with Gasteiger partial charge < -0.3 is 30.9 Å². The van der Waals surface area contributed by atoms with Crippen molar-refractivity contribution in [1.82, 2.24) is 10.6 Å². The molecule has 0 aromatic heterocycles. The number of methoxy groups -OCH3 is 1. The summed E-state index contributed by atoms with van der Waals surface area (Å²) in [7, 11) is 1.71. The van der Waals surface area contributed by atoms with E-state index in [0.717, 1.165) is 50.0 Å². The number of hydrogen-bond acceptors (Lipinski definition) is 6. The van der Waals surface area contributed by atoms with Crippen LogP contribution in [0.1, 0.15) is 85.1 Å². The molecule has 0 aliphatic carbocycles. The quantitative estimate of drug-likeness (QED) is 0.168. The van der Waals surface area contributed by atoms with Crippen LogP contribution < -0.4 is 21.1 Å². The number of benzene rings is 1. The largest absolute Gasteiger partial charge is 0.493 e. The lowest BCUT2D eigenvalue weighted by Gasteiger charge is -2.29. The molecule has 8 heteroatoms. The van der Waals surface area contributed by atoms with Gasteiger partial charge in [-0.15, -0.1) is 0 Å². The van der Waals surface area contributed by atoms with E-state index in [-0.39, 0.29) is 36.0 Å². The molecular formula is C31H55N3O5. The van der Waals surface area contributed by atoms with Crippen molar-refractivity contribution in [2.45, 2.75) is 98.3 Å². The Balaban J connectivity index is 2.69. The number of aliphatic hydroxyl groups is 1. The van der Waals surface area contributed by atoms with Gasteiger partial charge in [0, 0.05) is 50.2 Å². The summed E-state index contributed by atoms with van der Waals surface area (Å²) in [5.74, 6) is 0.0543. The minimum atomic E-state index is -0.887. The summed E-state index contributed by atoms with van der Waals surface area (Å²) in [6.45, 7) is 12.4. The van der Waals surface area contributed by atoms with Crippen molar-refractivity contribution >= 4 is 11.8 Å². The summed E-state index contributed by atoms with van der Waals surface area (Å²) < 4.78 is 11.1. The summed E-state index contributed by atoms with van der Waals surface area (Å²) in [5, 5.41) is 17.0. The topological polar surface area (TPSA) is 123 Å². The highest BCUT2D eigenvalue weighted by atomic mass is 16.5. The summed E-state index contributed by atoms with van der Waals surface area (Å²) in [6, 6.07) is 7.13. The van der Waals surface area contributed by atoms with E-state index < -0.39 is 18.1 Å². The van der Waals surface area contributed by atoms with Crippen LogP contribution in [0.5, 0.6) is 5.75 Å². The van der Waals surface area contributed by atoms with Gasteiger partial charge in [0.1, 0.15) is 5.75 Å². The normalized spacial score (nSPS) is 14.6.